The third kappa shape index (κ3) is 3.47. The number of rotatable bonds is 4. The Hall–Kier alpha value is -1.55. The fraction of sp³-hybridized carbons (Fsp3) is 0.200. The fourth-order valence-corrected chi connectivity index (χ4v) is 2.24. The minimum absolute atomic E-state index is 0.207. The first-order valence-electron chi connectivity index (χ1n) is 5.92. The highest BCUT2D eigenvalue weighted by atomic mass is 79.9. The van der Waals surface area contributed by atoms with Crippen LogP contribution in [0.15, 0.2) is 40.9 Å². The van der Waals surface area contributed by atoms with Crippen LogP contribution < -0.4 is 10.1 Å². The zero-order chi connectivity index (χ0) is 13.8. The quantitative estimate of drug-likeness (QED) is 0.893. The molecule has 2 aromatic carbocycles. The number of ether oxygens (including phenoxy) is 1. The molecule has 0 aliphatic heterocycles. The fourth-order valence-electron chi connectivity index (χ4n) is 1.83. The molecule has 0 saturated carbocycles. The summed E-state index contributed by atoms with van der Waals surface area (Å²) in [7, 11) is 1.64. The highest BCUT2D eigenvalue weighted by Gasteiger charge is 2.04. The van der Waals surface area contributed by atoms with E-state index in [1.165, 1.54) is 6.07 Å². The molecule has 0 aliphatic carbocycles. The van der Waals surface area contributed by atoms with Gasteiger partial charge >= 0.3 is 0 Å². The molecule has 0 amide bonds. The van der Waals surface area contributed by atoms with Crippen LogP contribution in [0.1, 0.15) is 11.1 Å². The molecule has 0 heterocycles. The van der Waals surface area contributed by atoms with Crippen molar-refractivity contribution in [2.24, 2.45) is 0 Å². The Morgan fingerprint density at radius 2 is 2.00 bits per heavy atom. The number of hydrogen-bond donors (Lipinski definition) is 1. The van der Waals surface area contributed by atoms with Crippen molar-refractivity contribution in [3.05, 3.63) is 57.8 Å². The summed E-state index contributed by atoms with van der Waals surface area (Å²) in [6, 6.07) is 10.7. The summed E-state index contributed by atoms with van der Waals surface area (Å²) in [5.74, 6) is 0.610. The van der Waals surface area contributed by atoms with Crippen LogP contribution in [-0.4, -0.2) is 7.11 Å². The van der Waals surface area contributed by atoms with Gasteiger partial charge in [0.15, 0.2) is 0 Å². The molecule has 0 fully saturated rings. The van der Waals surface area contributed by atoms with Crippen LogP contribution in [0.3, 0.4) is 0 Å². The zero-order valence-corrected chi connectivity index (χ0v) is 12.4. The van der Waals surface area contributed by atoms with E-state index in [9.17, 15) is 4.39 Å². The maximum atomic E-state index is 13.6. The molecule has 0 unspecified atom stereocenters. The lowest BCUT2D eigenvalue weighted by Gasteiger charge is -2.11. The van der Waals surface area contributed by atoms with Crippen LogP contribution in [0, 0.1) is 12.7 Å². The molecule has 0 spiro atoms. The molecule has 0 aliphatic rings. The molecule has 19 heavy (non-hydrogen) atoms. The largest absolute Gasteiger partial charge is 0.497 e. The van der Waals surface area contributed by atoms with Gasteiger partial charge in [-0.15, -0.1) is 0 Å². The first-order valence-corrected chi connectivity index (χ1v) is 6.72. The summed E-state index contributed by atoms with van der Waals surface area (Å²) in [6.45, 7) is 2.43. The summed E-state index contributed by atoms with van der Waals surface area (Å²) in [6.07, 6.45) is 0. The number of halogens is 2. The normalized spacial score (nSPS) is 10.3. The Bertz CT molecular complexity index is 586. The van der Waals surface area contributed by atoms with Crippen molar-refractivity contribution < 1.29 is 9.13 Å². The van der Waals surface area contributed by atoms with E-state index >= 15 is 0 Å². The lowest BCUT2D eigenvalue weighted by molar-refractivity contribution is 0.414. The van der Waals surface area contributed by atoms with E-state index in [-0.39, 0.29) is 5.82 Å². The molecular formula is C15H15BrFNO. The van der Waals surface area contributed by atoms with Gasteiger partial charge in [0.2, 0.25) is 0 Å². The Morgan fingerprint density at radius 1 is 1.21 bits per heavy atom. The molecule has 2 nitrogen and oxygen atoms in total. The van der Waals surface area contributed by atoms with Gasteiger partial charge in [-0.1, -0.05) is 15.9 Å². The summed E-state index contributed by atoms with van der Waals surface area (Å²) >= 11 is 3.34. The third-order valence-corrected chi connectivity index (χ3v) is 3.40. The van der Waals surface area contributed by atoms with Crippen LogP contribution in [0.25, 0.3) is 0 Å². The van der Waals surface area contributed by atoms with Gasteiger partial charge in [-0.3, -0.25) is 0 Å². The van der Waals surface area contributed by atoms with Crippen molar-refractivity contribution in [2.45, 2.75) is 13.5 Å². The molecule has 4 heteroatoms. The van der Waals surface area contributed by atoms with E-state index in [2.05, 4.69) is 21.2 Å². The van der Waals surface area contributed by atoms with Gasteiger partial charge in [-0.05, 0) is 48.9 Å². The standard InChI is InChI=1S/C15H15BrFNO/c1-10-7-13(19-2)4-6-15(10)18-9-11-8-12(16)3-5-14(11)17/h3-8,18H,9H2,1-2H3. The number of methoxy groups -OCH3 is 1. The van der Waals surface area contributed by atoms with E-state index in [4.69, 9.17) is 4.74 Å². The highest BCUT2D eigenvalue weighted by molar-refractivity contribution is 9.10. The van der Waals surface area contributed by atoms with E-state index in [0.29, 0.717) is 12.1 Å². The number of aryl methyl sites for hydroxylation is 1. The van der Waals surface area contributed by atoms with E-state index in [1.54, 1.807) is 19.2 Å². The second kappa shape index (κ2) is 6.06. The minimum atomic E-state index is -0.207. The Kier molecular flexibility index (Phi) is 4.43. The maximum Gasteiger partial charge on any atom is 0.128 e. The van der Waals surface area contributed by atoms with Gasteiger partial charge in [0, 0.05) is 22.3 Å². The minimum Gasteiger partial charge on any atom is -0.497 e. The lowest BCUT2D eigenvalue weighted by atomic mass is 10.1. The average molecular weight is 324 g/mol. The molecule has 1 N–H and O–H groups in total. The molecule has 0 saturated heterocycles. The van der Waals surface area contributed by atoms with Gasteiger partial charge in [0.25, 0.3) is 0 Å². The van der Waals surface area contributed by atoms with E-state index in [1.807, 2.05) is 25.1 Å². The van der Waals surface area contributed by atoms with Crippen LogP contribution in [0.2, 0.25) is 0 Å². The van der Waals surface area contributed by atoms with Crippen LogP contribution in [0.4, 0.5) is 10.1 Å². The van der Waals surface area contributed by atoms with Crippen LogP contribution in [-0.2, 0) is 6.54 Å². The Balaban J connectivity index is 2.12. The number of nitrogens with one attached hydrogen (secondary N) is 1. The highest BCUT2D eigenvalue weighted by Crippen LogP contribution is 2.22. The predicted octanol–water partition coefficient (Wildman–Crippen LogP) is 4.52. The zero-order valence-electron chi connectivity index (χ0n) is 10.8. The molecule has 0 bridgehead atoms. The topological polar surface area (TPSA) is 21.3 Å². The van der Waals surface area contributed by atoms with Crippen LogP contribution >= 0.6 is 15.9 Å². The van der Waals surface area contributed by atoms with Crippen molar-refractivity contribution in [2.75, 3.05) is 12.4 Å². The van der Waals surface area contributed by atoms with Gasteiger partial charge in [-0.2, -0.15) is 0 Å². The first kappa shape index (κ1) is 13.9. The van der Waals surface area contributed by atoms with Gasteiger partial charge in [0.1, 0.15) is 11.6 Å². The smallest absolute Gasteiger partial charge is 0.128 e. The SMILES string of the molecule is COc1ccc(NCc2cc(Br)ccc2F)c(C)c1. The number of hydrogen-bond acceptors (Lipinski definition) is 2. The Morgan fingerprint density at radius 3 is 2.68 bits per heavy atom. The lowest BCUT2D eigenvalue weighted by Crippen LogP contribution is -2.03. The average Bonchev–Trinajstić information content (AvgIpc) is 2.40. The van der Waals surface area contributed by atoms with E-state index in [0.717, 1.165) is 21.5 Å². The van der Waals surface area contributed by atoms with Crippen LogP contribution in [0.5, 0.6) is 5.75 Å². The second-order valence-electron chi connectivity index (χ2n) is 4.27. The number of benzene rings is 2. The summed E-state index contributed by atoms with van der Waals surface area (Å²) in [4.78, 5) is 0. The Labute approximate surface area is 120 Å². The number of anilines is 1. The van der Waals surface area contributed by atoms with Crippen molar-refractivity contribution in [3.8, 4) is 5.75 Å². The molecular weight excluding hydrogens is 309 g/mol. The van der Waals surface area contributed by atoms with Gasteiger partial charge in [0.05, 0.1) is 7.11 Å². The first-order chi connectivity index (χ1) is 9.10. The van der Waals surface area contributed by atoms with Crippen molar-refractivity contribution in [1.29, 1.82) is 0 Å². The molecule has 2 rings (SSSR count). The van der Waals surface area contributed by atoms with Gasteiger partial charge in [-0.25, -0.2) is 4.39 Å². The van der Waals surface area contributed by atoms with E-state index < -0.39 is 0 Å². The summed E-state index contributed by atoms with van der Waals surface area (Å²) < 4.78 is 19.6. The third-order valence-electron chi connectivity index (χ3n) is 2.91. The maximum absolute atomic E-state index is 13.6. The molecule has 0 atom stereocenters. The summed E-state index contributed by atoms with van der Waals surface area (Å²) in [5, 5.41) is 3.23. The van der Waals surface area contributed by atoms with Gasteiger partial charge < -0.3 is 10.1 Å². The monoisotopic (exact) mass is 323 g/mol. The molecule has 0 aromatic heterocycles. The van der Waals surface area contributed by atoms with Crippen molar-refractivity contribution in [1.82, 2.24) is 0 Å². The molecule has 100 valence electrons. The summed E-state index contributed by atoms with van der Waals surface area (Å²) in [5.41, 5.74) is 2.67. The molecule has 2 aromatic rings. The van der Waals surface area contributed by atoms with Crippen molar-refractivity contribution >= 4 is 21.6 Å². The predicted molar refractivity (Wildman–Crippen MR) is 79.2 cm³/mol. The molecule has 0 radical (unpaired) electrons. The second-order valence-corrected chi connectivity index (χ2v) is 5.19. The van der Waals surface area contributed by atoms with Crippen molar-refractivity contribution in [3.63, 3.8) is 0 Å².